The molecule has 0 bridgehead atoms. The highest BCUT2D eigenvalue weighted by molar-refractivity contribution is 7.89. The van der Waals surface area contributed by atoms with Gasteiger partial charge in [0, 0.05) is 19.6 Å². The average Bonchev–Trinajstić information content (AvgIpc) is 2.87. The maximum absolute atomic E-state index is 12.4. The number of nitrogens with zero attached hydrogens (tertiary/aromatic N) is 1. The molecule has 1 aliphatic heterocycles. The molecule has 0 spiro atoms. The van der Waals surface area contributed by atoms with Gasteiger partial charge in [-0.2, -0.15) is 0 Å². The van der Waals surface area contributed by atoms with E-state index < -0.39 is 10.0 Å². The Morgan fingerprint density at radius 3 is 3.00 bits per heavy atom. The van der Waals surface area contributed by atoms with E-state index in [1.807, 2.05) is 0 Å². The Morgan fingerprint density at radius 2 is 2.33 bits per heavy atom. The number of thiophene rings is 1. The minimum absolute atomic E-state index is 0.134. The van der Waals surface area contributed by atoms with Crippen molar-refractivity contribution >= 4 is 21.4 Å². The van der Waals surface area contributed by atoms with E-state index in [0.717, 1.165) is 19.6 Å². The molecule has 1 saturated heterocycles. The number of likely N-dealkylation sites (N-methyl/N-ethyl adjacent to an activating group) is 1. The molecule has 0 amide bonds. The summed E-state index contributed by atoms with van der Waals surface area (Å²) in [5.41, 5.74) is 0.663. The van der Waals surface area contributed by atoms with Crippen LogP contribution < -0.4 is 4.72 Å². The Morgan fingerprint density at radius 1 is 1.57 bits per heavy atom. The summed E-state index contributed by atoms with van der Waals surface area (Å²) < 4.78 is 33.0. The molecule has 2 rings (SSSR count). The number of ether oxygens (including phenoxy) is 1. The molecule has 0 aliphatic carbocycles. The molecule has 0 radical (unpaired) electrons. The normalized spacial score (nSPS) is 20.8. The molecule has 8 heteroatoms. The molecule has 1 atom stereocenters. The van der Waals surface area contributed by atoms with Crippen LogP contribution in [0.2, 0.25) is 0 Å². The molecule has 1 aromatic rings. The van der Waals surface area contributed by atoms with Crippen LogP contribution in [0.25, 0.3) is 0 Å². The summed E-state index contributed by atoms with van der Waals surface area (Å²) in [5, 5.41) is 11.0. The zero-order chi connectivity index (χ0) is 15.5. The lowest BCUT2D eigenvalue weighted by molar-refractivity contribution is -0.0229. The maximum Gasteiger partial charge on any atom is 0.242 e. The van der Waals surface area contributed by atoms with Gasteiger partial charge < -0.3 is 9.84 Å². The van der Waals surface area contributed by atoms with Crippen LogP contribution >= 0.6 is 11.3 Å². The molecule has 21 heavy (non-hydrogen) atoms. The van der Waals surface area contributed by atoms with Crippen molar-refractivity contribution in [3.63, 3.8) is 0 Å². The van der Waals surface area contributed by atoms with E-state index in [4.69, 9.17) is 4.74 Å². The third-order valence-corrected chi connectivity index (χ3v) is 6.44. The molecule has 2 N–H and O–H groups in total. The largest absolute Gasteiger partial charge is 0.391 e. The lowest BCUT2D eigenvalue weighted by Crippen LogP contribution is -2.47. The van der Waals surface area contributed by atoms with Crippen molar-refractivity contribution in [3.8, 4) is 0 Å². The van der Waals surface area contributed by atoms with E-state index in [0.29, 0.717) is 17.0 Å². The molecule has 1 unspecified atom stereocenters. The minimum atomic E-state index is -3.61. The van der Waals surface area contributed by atoms with Crippen LogP contribution in [-0.4, -0.2) is 57.3 Å². The lowest BCUT2D eigenvalue weighted by Gasteiger charge is -2.32. The second-order valence-electron chi connectivity index (χ2n) is 5.07. The quantitative estimate of drug-likeness (QED) is 0.794. The van der Waals surface area contributed by atoms with Gasteiger partial charge in [-0.25, -0.2) is 13.1 Å². The van der Waals surface area contributed by atoms with Crippen molar-refractivity contribution < 1.29 is 18.3 Å². The highest BCUT2D eigenvalue weighted by Gasteiger charge is 2.25. The fraction of sp³-hybridized carbons (Fsp3) is 0.692. The van der Waals surface area contributed by atoms with E-state index in [9.17, 15) is 13.5 Å². The number of morpholine rings is 1. The first kappa shape index (κ1) is 16.9. The van der Waals surface area contributed by atoms with Gasteiger partial charge in [-0.3, -0.25) is 4.90 Å². The summed E-state index contributed by atoms with van der Waals surface area (Å²) in [4.78, 5) is 2.91. The lowest BCUT2D eigenvalue weighted by atomic mass is 10.3. The Bertz CT molecular complexity index is 571. The molecular weight excluding hydrogens is 312 g/mol. The summed E-state index contributed by atoms with van der Waals surface area (Å²) in [7, 11) is -3.61. The minimum Gasteiger partial charge on any atom is -0.391 e. The summed E-state index contributed by atoms with van der Waals surface area (Å²) >= 11 is 1.26. The molecule has 1 aliphatic rings. The zero-order valence-corrected chi connectivity index (χ0v) is 14.0. The number of hydrogen-bond donors (Lipinski definition) is 2. The Hall–Kier alpha value is -0.510. The predicted octanol–water partition coefficient (Wildman–Crippen LogP) is 0.548. The molecule has 0 aromatic carbocycles. The van der Waals surface area contributed by atoms with Crippen LogP contribution in [0.3, 0.4) is 0 Å². The highest BCUT2D eigenvalue weighted by Crippen LogP contribution is 2.26. The van der Waals surface area contributed by atoms with Gasteiger partial charge >= 0.3 is 0 Å². The number of nitrogens with one attached hydrogen (secondary N) is 1. The Kier molecular flexibility index (Phi) is 5.75. The fourth-order valence-electron chi connectivity index (χ4n) is 2.42. The van der Waals surface area contributed by atoms with Crippen LogP contribution in [0.4, 0.5) is 0 Å². The number of hydrogen-bond acceptors (Lipinski definition) is 6. The molecule has 120 valence electrons. The summed E-state index contributed by atoms with van der Waals surface area (Å²) in [6, 6.07) is 0. The number of aliphatic hydroxyl groups excluding tert-OH is 1. The topological polar surface area (TPSA) is 78.9 Å². The number of aryl methyl sites for hydroxylation is 1. The average molecular weight is 334 g/mol. The monoisotopic (exact) mass is 334 g/mol. The van der Waals surface area contributed by atoms with Crippen molar-refractivity contribution in [3.05, 3.63) is 15.8 Å². The van der Waals surface area contributed by atoms with Gasteiger partial charge in [0.25, 0.3) is 0 Å². The van der Waals surface area contributed by atoms with E-state index in [1.54, 1.807) is 12.3 Å². The predicted molar refractivity (Wildman–Crippen MR) is 82.0 cm³/mol. The van der Waals surface area contributed by atoms with Gasteiger partial charge in [-0.1, -0.05) is 6.92 Å². The van der Waals surface area contributed by atoms with Crippen molar-refractivity contribution in [2.24, 2.45) is 0 Å². The smallest absolute Gasteiger partial charge is 0.242 e. The highest BCUT2D eigenvalue weighted by atomic mass is 32.2. The van der Waals surface area contributed by atoms with E-state index in [1.165, 1.54) is 11.3 Å². The first-order valence-corrected chi connectivity index (χ1v) is 9.35. The molecule has 6 nitrogen and oxygen atoms in total. The van der Waals surface area contributed by atoms with Gasteiger partial charge in [0.05, 0.1) is 24.2 Å². The third kappa shape index (κ3) is 4.02. The zero-order valence-electron chi connectivity index (χ0n) is 12.3. The first-order chi connectivity index (χ1) is 9.97. The van der Waals surface area contributed by atoms with Crippen molar-refractivity contribution in [2.45, 2.75) is 31.5 Å². The van der Waals surface area contributed by atoms with Crippen LogP contribution in [0.15, 0.2) is 10.3 Å². The van der Waals surface area contributed by atoms with Gasteiger partial charge in [0.15, 0.2) is 0 Å². The second-order valence-corrected chi connectivity index (χ2v) is 7.74. The molecular formula is C13H22N2O4S2. The second kappa shape index (κ2) is 7.17. The SMILES string of the molecule is CCN1CCOC(CNS(=O)(=O)c2c(C)csc2CO)C1. The van der Waals surface area contributed by atoms with Gasteiger partial charge in [0.2, 0.25) is 10.0 Å². The third-order valence-electron chi connectivity index (χ3n) is 3.57. The van der Waals surface area contributed by atoms with Crippen molar-refractivity contribution in [1.29, 1.82) is 0 Å². The van der Waals surface area contributed by atoms with E-state index in [-0.39, 0.29) is 24.2 Å². The molecule has 1 fully saturated rings. The number of rotatable bonds is 6. The van der Waals surface area contributed by atoms with Gasteiger partial charge in [-0.05, 0) is 24.4 Å². The fourth-order valence-corrected chi connectivity index (χ4v) is 5.15. The summed E-state index contributed by atoms with van der Waals surface area (Å²) in [6.45, 7) is 6.98. The standard InChI is InChI=1S/C13H22N2O4S2/c1-3-15-4-5-19-11(7-15)6-14-21(17,18)13-10(2)9-20-12(13)8-16/h9,11,14,16H,3-8H2,1-2H3. The summed E-state index contributed by atoms with van der Waals surface area (Å²) in [6.07, 6.45) is -0.134. The molecule has 1 aromatic heterocycles. The van der Waals surface area contributed by atoms with Crippen molar-refractivity contribution in [2.75, 3.05) is 32.8 Å². The van der Waals surface area contributed by atoms with Crippen molar-refractivity contribution in [1.82, 2.24) is 9.62 Å². The number of sulfonamides is 1. The van der Waals surface area contributed by atoms with Crippen LogP contribution in [0.1, 0.15) is 17.4 Å². The van der Waals surface area contributed by atoms with Crippen LogP contribution in [0.5, 0.6) is 0 Å². The summed E-state index contributed by atoms with van der Waals surface area (Å²) in [5.74, 6) is 0. The van der Waals surface area contributed by atoms with Gasteiger partial charge in [0.1, 0.15) is 4.90 Å². The first-order valence-electron chi connectivity index (χ1n) is 6.99. The molecule has 2 heterocycles. The Balaban J connectivity index is 2.03. The van der Waals surface area contributed by atoms with Crippen LogP contribution in [0, 0.1) is 6.92 Å². The maximum atomic E-state index is 12.4. The molecule has 0 saturated carbocycles. The van der Waals surface area contributed by atoms with E-state index in [2.05, 4.69) is 16.5 Å². The number of aliphatic hydroxyl groups is 1. The van der Waals surface area contributed by atoms with E-state index >= 15 is 0 Å². The van der Waals surface area contributed by atoms with Crippen LogP contribution in [-0.2, 0) is 21.4 Å². The Labute approximate surface area is 129 Å². The van der Waals surface area contributed by atoms with Gasteiger partial charge in [-0.15, -0.1) is 11.3 Å².